The summed E-state index contributed by atoms with van der Waals surface area (Å²) in [4.78, 5) is 26.9. The van der Waals surface area contributed by atoms with Crippen LogP contribution in [-0.4, -0.2) is 36.3 Å². The van der Waals surface area contributed by atoms with Crippen LogP contribution in [0.15, 0.2) is 18.2 Å². The molecule has 2 amide bonds. The van der Waals surface area contributed by atoms with Crippen molar-refractivity contribution in [2.75, 3.05) is 19.6 Å². The van der Waals surface area contributed by atoms with Gasteiger partial charge in [-0.2, -0.15) is 0 Å². The molecule has 1 aliphatic heterocycles. The molecule has 162 valence electrons. The van der Waals surface area contributed by atoms with Gasteiger partial charge >= 0.3 is 0 Å². The normalized spacial score (nSPS) is 33.0. The third kappa shape index (κ3) is 3.74. The smallest absolute Gasteiger partial charge is 0.256 e. The summed E-state index contributed by atoms with van der Waals surface area (Å²) in [6.07, 6.45) is 9.18. The van der Waals surface area contributed by atoms with E-state index in [0.29, 0.717) is 31.3 Å². The lowest BCUT2D eigenvalue weighted by atomic mass is 9.49. The van der Waals surface area contributed by atoms with Crippen LogP contribution in [-0.2, 0) is 4.79 Å². The van der Waals surface area contributed by atoms with Gasteiger partial charge in [0.2, 0.25) is 5.91 Å². The first-order valence-corrected chi connectivity index (χ1v) is 11.4. The molecule has 6 heteroatoms. The largest absolute Gasteiger partial charge is 0.355 e. The fourth-order valence-corrected chi connectivity index (χ4v) is 7.10. The summed E-state index contributed by atoms with van der Waals surface area (Å²) in [5, 5.41) is 3.26. The van der Waals surface area contributed by atoms with E-state index in [-0.39, 0.29) is 17.4 Å². The number of amides is 2. The molecule has 0 unspecified atom stereocenters. The van der Waals surface area contributed by atoms with Gasteiger partial charge in [0.1, 0.15) is 11.6 Å². The predicted octanol–water partition coefficient (Wildman–Crippen LogP) is 4.15. The summed E-state index contributed by atoms with van der Waals surface area (Å²) < 4.78 is 27.0. The molecule has 4 saturated carbocycles. The van der Waals surface area contributed by atoms with E-state index in [4.69, 9.17) is 0 Å². The van der Waals surface area contributed by atoms with Crippen molar-refractivity contribution in [3.8, 4) is 0 Å². The number of nitrogens with one attached hydrogen (secondary N) is 1. The molecule has 1 aromatic carbocycles. The molecule has 6 rings (SSSR count). The summed E-state index contributed by atoms with van der Waals surface area (Å²) in [5.41, 5.74) is 0.211. The van der Waals surface area contributed by atoms with Crippen molar-refractivity contribution < 1.29 is 18.4 Å². The molecule has 30 heavy (non-hydrogen) atoms. The van der Waals surface area contributed by atoms with Gasteiger partial charge in [-0.3, -0.25) is 9.59 Å². The molecule has 1 N–H and O–H groups in total. The van der Waals surface area contributed by atoms with Crippen molar-refractivity contribution in [2.24, 2.45) is 29.1 Å². The molecule has 1 saturated heterocycles. The minimum absolute atomic E-state index is 0.0963. The van der Waals surface area contributed by atoms with Crippen LogP contribution < -0.4 is 5.32 Å². The molecular formula is C24H30F2N2O2. The highest BCUT2D eigenvalue weighted by molar-refractivity contribution is 5.94. The lowest BCUT2D eigenvalue weighted by molar-refractivity contribution is -0.128. The monoisotopic (exact) mass is 416 g/mol. The van der Waals surface area contributed by atoms with Crippen molar-refractivity contribution in [3.63, 3.8) is 0 Å². The van der Waals surface area contributed by atoms with Crippen LogP contribution in [0, 0.1) is 40.7 Å². The molecule has 0 radical (unpaired) electrons. The zero-order valence-electron chi connectivity index (χ0n) is 17.3. The van der Waals surface area contributed by atoms with Gasteiger partial charge in [0.25, 0.3) is 5.91 Å². The molecule has 5 fully saturated rings. The summed E-state index contributed by atoms with van der Waals surface area (Å²) in [7, 11) is 0. The van der Waals surface area contributed by atoms with Gasteiger partial charge in [0, 0.05) is 31.6 Å². The fourth-order valence-electron chi connectivity index (χ4n) is 7.10. The highest BCUT2D eigenvalue weighted by Gasteiger charge is 2.50. The van der Waals surface area contributed by atoms with Gasteiger partial charge in [-0.25, -0.2) is 8.78 Å². The van der Waals surface area contributed by atoms with Crippen LogP contribution in [0.2, 0.25) is 0 Å². The van der Waals surface area contributed by atoms with Gasteiger partial charge in [0.15, 0.2) is 0 Å². The lowest BCUT2D eigenvalue weighted by Crippen LogP contribution is -2.52. The highest BCUT2D eigenvalue weighted by Crippen LogP contribution is 2.59. The van der Waals surface area contributed by atoms with Crippen molar-refractivity contribution in [2.45, 2.75) is 51.4 Å². The molecule has 0 atom stereocenters. The van der Waals surface area contributed by atoms with E-state index >= 15 is 0 Å². The summed E-state index contributed by atoms with van der Waals surface area (Å²) >= 11 is 0. The first-order chi connectivity index (χ1) is 14.4. The number of carbonyl (C=O) groups is 2. The Morgan fingerprint density at radius 3 is 2.17 bits per heavy atom. The number of hydrogen-bond donors (Lipinski definition) is 1. The van der Waals surface area contributed by atoms with Gasteiger partial charge in [-0.05, 0) is 86.7 Å². The van der Waals surface area contributed by atoms with Crippen LogP contribution >= 0.6 is 0 Å². The molecule has 4 aliphatic carbocycles. The SMILES string of the molecule is O=C(NCC12CC3CC(CC(C3)C1)C2)C1CCN(C(=O)c2ccc(F)cc2F)CC1. The number of likely N-dealkylation sites (tertiary alicyclic amines) is 1. The minimum Gasteiger partial charge on any atom is -0.355 e. The number of carbonyl (C=O) groups excluding carboxylic acids is 2. The second kappa shape index (κ2) is 7.61. The Bertz CT molecular complexity index is 812. The van der Waals surface area contributed by atoms with Crippen molar-refractivity contribution in [1.29, 1.82) is 0 Å². The lowest BCUT2D eigenvalue weighted by Gasteiger charge is -2.57. The highest BCUT2D eigenvalue weighted by atomic mass is 19.1. The van der Waals surface area contributed by atoms with Gasteiger partial charge in [-0.1, -0.05) is 0 Å². The Labute approximate surface area is 176 Å². The van der Waals surface area contributed by atoms with E-state index in [2.05, 4.69) is 5.32 Å². The third-order valence-electron chi connectivity index (χ3n) is 8.12. The van der Waals surface area contributed by atoms with Crippen molar-refractivity contribution in [1.82, 2.24) is 10.2 Å². The summed E-state index contributed by atoms with van der Waals surface area (Å²) in [5.74, 6) is 0.651. The van der Waals surface area contributed by atoms with Crippen LogP contribution in [0.5, 0.6) is 0 Å². The number of hydrogen-bond acceptors (Lipinski definition) is 2. The predicted molar refractivity (Wildman–Crippen MR) is 109 cm³/mol. The topological polar surface area (TPSA) is 49.4 Å². The second-order valence-electron chi connectivity index (χ2n) is 10.3. The average molecular weight is 417 g/mol. The number of piperidine rings is 1. The Morgan fingerprint density at radius 2 is 1.60 bits per heavy atom. The molecular weight excluding hydrogens is 386 g/mol. The van der Waals surface area contributed by atoms with Crippen LogP contribution in [0.1, 0.15) is 61.7 Å². The number of nitrogens with zero attached hydrogens (tertiary/aromatic N) is 1. The molecule has 0 aromatic heterocycles. The molecule has 1 aromatic rings. The molecule has 4 nitrogen and oxygen atoms in total. The first-order valence-electron chi connectivity index (χ1n) is 11.4. The van der Waals surface area contributed by atoms with Crippen molar-refractivity contribution >= 4 is 11.8 Å². The molecule has 0 spiro atoms. The van der Waals surface area contributed by atoms with E-state index in [1.54, 1.807) is 4.90 Å². The average Bonchev–Trinajstić information content (AvgIpc) is 2.71. The number of halogens is 2. The van der Waals surface area contributed by atoms with E-state index < -0.39 is 17.5 Å². The minimum atomic E-state index is -0.838. The third-order valence-corrected chi connectivity index (χ3v) is 8.12. The maximum absolute atomic E-state index is 13.9. The quantitative estimate of drug-likeness (QED) is 0.802. The fraction of sp³-hybridized carbons (Fsp3) is 0.667. The maximum atomic E-state index is 13.9. The molecule has 4 bridgehead atoms. The Morgan fingerprint density at radius 1 is 1.00 bits per heavy atom. The molecule has 1 heterocycles. The summed E-state index contributed by atoms with van der Waals surface area (Å²) in [6, 6.07) is 3.02. The second-order valence-corrected chi connectivity index (χ2v) is 10.3. The van der Waals surface area contributed by atoms with E-state index in [0.717, 1.165) is 36.4 Å². The maximum Gasteiger partial charge on any atom is 0.256 e. The number of rotatable bonds is 4. The van der Waals surface area contributed by atoms with Crippen LogP contribution in [0.4, 0.5) is 8.78 Å². The van der Waals surface area contributed by atoms with E-state index in [1.807, 2.05) is 0 Å². The van der Waals surface area contributed by atoms with Crippen LogP contribution in [0.25, 0.3) is 0 Å². The summed E-state index contributed by atoms with van der Waals surface area (Å²) in [6.45, 7) is 1.64. The zero-order chi connectivity index (χ0) is 20.9. The van der Waals surface area contributed by atoms with Gasteiger partial charge in [-0.15, -0.1) is 0 Å². The first kappa shape index (κ1) is 20.0. The Kier molecular flexibility index (Phi) is 5.06. The standard InChI is InChI=1S/C24H30F2N2O2/c25-19-1-2-20(21(26)10-19)23(30)28-5-3-18(4-6-28)22(29)27-14-24-11-15-7-16(12-24)9-17(8-15)13-24/h1-2,10,15-18H,3-9,11-14H2,(H,27,29). The van der Waals surface area contributed by atoms with E-state index in [9.17, 15) is 18.4 Å². The van der Waals surface area contributed by atoms with Gasteiger partial charge in [0.05, 0.1) is 5.56 Å². The van der Waals surface area contributed by atoms with Crippen LogP contribution in [0.3, 0.4) is 0 Å². The Hall–Kier alpha value is -1.98. The van der Waals surface area contributed by atoms with Gasteiger partial charge < -0.3 is 10.2 Å². The molecule has 5 aliphatic rings. The Balaban J connectivity index is 1.13. The zero-order valence-corrected chi connectivity index (χ0v) is 17.3. The number of benzene rings is 1. The van der Waals surface area contributed by atoms with E-state index in [1.165, 1.54) is 44.6 Å². The van der Waals surface area contributed by atoms with Crippen molar-refractivity contribution in [3.05, 3.63) is 35.4 Å².